The number of nitrogens with zero attached hydrogens (tertiary/aromatic N) is 2. The summed E-state index contributed by atoms with van der Waals surface area (Å²) < 4.78 is 7.10. The Morgan fingerprint density at radius 1 is 1.37 bits per heavy atom. The van der Waals surface area contributed by atoms with Crippen molar-refractivity contribution in [2.45, 2.75) is 33.7 Å². The van der Waals surface area contributed by atoms with Crippen molar-refractivity contribution in [2.24, 2.45) is 0 Å². The van der Waals surface area contributed by atoms with Crippen LogP contribution in [0, 0.1) is 25.2 Å². The Labute approximate surface area is 155 Å². The van der Waals surface area contributed by atoms with Gasteiger partial charge in [-0.15, -0.1) is 0 Å². The molecule has 3 aromatic rings. The van der Waals surface area contributed by atoms with Crippen LogP contribution in [0.2, 0.25) is 0 Å². The van der Waals surface area contributed by atoms with Crippen molar-refractivity contribution in [3.63, 3.8) is 0 Å². The second-order valence-corrected chi connectivity index (χ2v) is 6.33. The molecule has 2 heterocycles. The third-order valence-corrected chi connectivity index (χ3v) is 4.40. The Balaban J connectivity index is 1.87. The zero-order valence-electron chi connectivity index (χ0n) is 15.4. The van der Waals surface area contributed by atoms with E-state index in [1.165, 1.54) is 0 Å². The van der Waals surface area contributed by atoms with Gasteiger partial charge in [0.05, 0.1) is 5.52 Å². The minimum absolute atomic E-state index is 0.00697. The van der Waals surface area contributed by atoms with Crippen LogP contribution in [0.5, 0.6) is 0 Å². The average Bonchev–Trinajstić information content (AvgIpc) is 3.12. The number of aromatic amines is 1. The van der Waals surface area contributed by atoms with Gasteiger partial charge in [-0.25, -0.2) is 4.79 Å². The molecule has 0 saturated heterocycles. The summed E-state index contributed by atoms with van der Waals surface area (Å²) in [5.41, 5.74) is 4.30. The summed E-state index contributed by atoms with van der Waals surface area (Å²) in [7, 11) is 0. The number of benzene rings is 1. The largest absolute Gasteiger partial charge is 0.417 e. The van der Waals surface area contributed by atoms with Crippen molar-refractivity contribution in [3.8, 4) is 6.07 Å². The SMILES string of the molecule is CCCn1c(C)cc(/C=C(\C#N)C(=O)Nc2ccc3oc(=O)[nH]c3c2)c1C. The highest BCUT2D eigenvalue weighted by Gasteiger charge is 2.13. The van der Waals surface area contributed by atoms with E-state index in [0.29, 0.717) is 16.8 Å². The predicted molar refractivity (Wildman–Crippen MR) is 103 cm³/mol. The van der Waals surface area contributed by atoms with Crippen LogP contribution in [-0.2, 0) is 11.3 Å². The summed E-state index contributed by atoms with van der Waals surface area (Å²) in [4.78, 5) is 26.3. The molecule has 0 saturated carbocycles. The first-order valence-corrected chi connectivity index (χ1v) is 8.65. The summed E-state index contributed by atoms with van der Waals surface area (Å²) in [5.74, 6) is -1.07. The van der Waals surface area contributed by atoms with E-state index in [-0.39, 0.29) is 5.57 Å². The molecule has 0 aliphatic heterocycles. The number of fused-ring (bicyclic) bond motifs is 1. The highest BCUT2D eigenvalue weighted by molar-refractivity contribution is 6.10. The van der Waals surface area contributed by atoms with Gasteiger partial charge in [0.15, 0.2) is 5.58 Å². The zero-order chi connectivity index (χ0) is 19.6. The van der Waals surface area contributed by atoms with Crippen molar-refractivity contribution in [1.82, 2.24) is 9.55 Å². The van der Waals surface area contributed by atoms with Crippen molar-refractivity contribution in [1.29, 1.82) is 5.26 Å². The van der Waals surface area contributed by atoms with Crippen LogP contribution in [0.1, 0.15) is 30.3 Å². The fourth-order valence-corrected chi connectivity index (χ4v) is 3.07. The third-order valence-electron chi connectivity index (χ3n) is 4.40. The maximum absolute atomic E-state index is 12.5. The Kier molecular flexibility index (Phi) is 4.99. The number of hydrogen-bond acceptors (Lipinski definition) is 4. The molecule has 7 heteroatoms. The number of amides is 1. The average molecular weight is 364 g/mol. The lowest BCUT2D eigenvalue weighted by Crippen LogP contribution is -2.13. The van der Waals surface area contributed by atoms with Crippen molar-refractivity contribution >= 4 is 28.8 Å². The van der Waals surface area contributed by atoms with Gasteiger partial charge < -0.3 is 14.3 Å². The number of carbonyl (C=O) groups excluding carboxylic acids is 1. The van der Waals surface area contributed by atoms with E-state index in [0.717, 1.165) is 29.9 Å². The highest BCUT2D eigenvalue weighted by atomic mass is 16.4. The molecule has 27 heavy (non-hydrogen) atoms. The van der Waals surface area contributed by atoms with Gasteiger partial charge in [-0.1, -0.05) is 6.92 Å². The number of nitrogens with one attached hydrogen (secondary N) is 2. The molecule has 1 aromatic carbocycles. The van der Waals surface area contributed by atoms with Crippen LogP contribution in [0.3, 0.4) is 0 Å². The molecule has 0 bridgehead atoms. The quantitative estimate of drug-likeness (QED) is 0.534. The summed E-state index contributed by atoms with van der Waals surface area (Å²) in [6, 6.07) is 8.71. The first-order chi connectivity index (χ1) is 12.9. The molecular formula is C20H20N4O3. The molecule has 0 radical (unpaired) electrons. The van der Waals surface area contributed by atoms with Crippen molar-refractivity contribution in [3.05, 3.63) is 57.3 Å². The van der Waals surface area contributed by atoms with Gasteiger partial charge in [-0.3, -0.25) is 9.78 Å². The van der Waals surface area contributed by atoms with Gasteiger partial charge in [-0.2, -0.15) is 5.26 Å². The number of aromatic nitrogens is 2. The Hall–Kier alpha value is -3.53. The second-order valence-electron chi connectivity index (χ2n) is 6.33. The van der Waals surface area contributed by atoms with Crippen LogP contribution in [0.15, 0.2) is 39.1 Å². The number of rotatable bonds is 5. The van der Waals surface area contributed by atoms with Crippen LogP contribution >= 0.6 is 0 Å². The molecule has 0 spiro atoms. The second kappa shape index (κ2) is 7.38. The third kappa shape index (κ3) is 3.70. The van der Waals surface area contributed by atoms with Gasteiger partial charge in [-0.05, 0) is 56.2 Å². The molecule has 0 fully saturated rings. The van der Waals surface area contributed by atoms with Crippen LogP contribution in [-0.4, -0.2) is 15.5 Å². The molecule has 7 nitrogen and oxygen atoms in total. The lowest BCUT2D eigenvalue weighted by molar-refractivity contribution is -0.112. The van der Waals surface area contributed by atoms with E-state index in [1.807, 2.05) is 26.0 Å². The highest BCUT2D eigenvalue weighted by Crippen LogP contribution is 2.20. The van der Waals surface area contributed by atoms with Gasteiger partial charge in [0.2, 0.25) is 0 Å². The van der Waals surface area contributed by atoms with Gasteiger partial charge in [0.25, 0.3) is 5.91 Å². The maximum Gasteiger partial charge on any atom is 0.417 e. The van der Waals surface area contributed by atoms with Gasteiger partial charge in [0, 0.05) is 23.6 Å². The normalized spacial score (nSPS) is 11.6. The number of anilines is 1. The molecule has 0 aliphatic carbocycles. The van der Waals surface area contributed by atoms with Gasteiger partial charge >= 0.3 is 5.76 Å². The Morgan fingerprint density at radius 2 is 2.15 bits per heavy atom. The van der Waals surface area contributed by atoms with Crippen molar-refractivity contribution in [2.75, 3.05) is 5.32 Å². The van der Waals surface area contributed by atoms with Gasteiger partial charge in [0.1, 0.15) is 11.6 Å². The van der Waals surface area contributed by atoms with E-state index in [2.05, 4.69) is 21.8 Å². The number of aryl methyl sites for hydroxylation is 1. The smallest absolute Gasteiger partial charge is 0.408 e. The lowest BCUT2D eigenvalue weighted by atomic mass is 10.1. The molecule has 3 rings (SSSR count). The van der Waals surface area contributed by atoms with Crippen LogP contribution < -0.4 is 11.1 Å². The standard InChI is InChI=1S/C20H20N4O3/c1-4-7-24-12(2)8-14(13(24)3)9-15(11-21)19(25)22-16-5-6-18-17(10-16)23-20(26)27-18/h5-6,8-10H,4,7H2,1-3H3,(H,22,25)(H,23,26)/b15-9+. The molecule has 0 unspecified atom stereocenters. The lowest BCUT2D eigenvalue weighted by Gasteiger charge is -2.07. The van der Waals surface area contributed by atoms with Crippen LogP contribution in [0.25, 0.3) is 17.2 Å². The number of hydrogen-bond donors (Lipinski definition) is 2. The molecule has 0 atom stereocenters. The fraction of sp³-hybridized carbons (Fsp3) is 0.250. The molecule has 1 amide bonds. The predicted octanol–water partition coefficient (Wildman–Crippen LogP) is 3.50. The molecule has 2 N–H and O–H groups in total. The minimum atomic E-state index is -0.562. The number of carbonyl (C=O) groups is 1. The summed E-state index contributed by atoms with van der Waals surface area (Å²) in [6.45, 7) is 6.98. The first kappa shape index (κ1) is 18.3. The van der Waals surface area contributed by atoms with Crippen LogP contribution in [0.4, 0.5) is 5.69 Å². The topological polar surface area (TPSA) is 104 Å². The number of H-pyrrole nitrogens is 1. The molecule has 0 aliphatic rings. The Bertz CT molecular complexity index is 1140. The summed E-state index contributed by atoms with van der Waals surface area (Å²) in [6.07, 6.45) is 2.60. The molecule has 138 valence electrons. The zero-order valence-corrected chi connectivity index (χ0v) is 15.4. The fourth-order valence-electron chi connectivity index (χ4n) is 3.07. The van der Waals surface area contributed by atoms with E-state index < -0.39 is 11.7 Å². The van der Waals surface area contributed by atoms with Crippen molar-refractivity contribution < 1.29 is 9.21 Å². The molecular weight excluding hydrogens is 344 g/mol. The van der Waals surface area contributed by atoms with E-state index >= 15 is 0 Å². The number of oxazole rings is 1. The number of nitriles is 1. The van der Waals surface area contributed by atoms with E-state index in [1.54, 1.807) is 24.3 Å². The molecule has 2 aromatic heterocycles. The minimum Gasteiger partial charge on any atom is -0.408 e. The summed E-state index contributed by atoms with van der Waals surface area (Å²) in [5, 5.41) is 12.1. The Morgan fingerprint density at radius 3 is 2.85 bits per heavy atom. The first-order valence-electron chi connectivity index (χ1n) is 8.65. The monoisotopic (exact) mass is 364 g/mol. The summed E-state index contributed by atoms with van der Waals surface area (Å²) >= 11 is 0. The maximum atomic E-state index is 12.5. The van der Waals surface area contributed by atoms with E-state index in [9.17, 15) is 14.9 Å². The van der Waals surface area contributed by atoms with E-state index in [4.69, 9.17) is 4.42 Å².